The van der Waals surface area contributed by atoms with Crippen molar-refractivity contribution in [3.05, 3.63) is 146 Å². The molecule has 0 heterocycles. The Morgan fingerprint density at radius 1 is 0.698 bits per heavy atom. The van der Waals surface area contributed by atoms with E-state index in [1.54, 1.807) is 15.3 Å². The van der Waals surface area contributed by atoms with Crippen LogP contribution in [0.15, 0.2) is 113 Å². The molecule has 0 amide bonds. The summed E-state index contributed by atoms with van der Waals surface area (Å²) in [7, 11) is 0. The largest absolute Gasteiger partial charge is 0.147 e. The van der Waals surface area contributed by atoms with E-state index in [-0.39, 0.29) is 35.6 Å². The topological polar surface area (TPSA) is 0 Å². The van der Waals surface area contributed by atoms with Crippen LogP contribution in [0.3, 0.4) is 0 Å². The first-order valence-corrected chi connectivity index (χ1v) is 18.8. The second-order valence-corrected chi connectivity index (χ2v) is 20.0. The fourth-order valence-electron chi connectivity index (χ4n) is 6.33. The second kappa shape index (κ2) is 13.4. The van der Waals surface area contributed by atoms with E-state index in [1.165, 1.54) is 38.9 Å². The second-order valence-electron chi connectivity index (χ2n) is 13.8. The van der Waals surface area contributed by atoms with E-state index in [0.717, 1.165) is 19.3 Å². The average molecular weight is 687 g/mol. The van der Waals surface area contributed by atoms with Crippen LogP contribution >= 0.6 is 24.8 Å². The number of halogens is 2. The molecule has 0 aromatic heterocycles. The molecule has 6 rings (SSSR count). The summed E-state index contributed by atoms with van der Waals surface area (Å²) in [5.74, 6) is 0. The molecule has 4 aromatic rings. The molecule has 3 heteroatoms. The maximum Gasteiger partial charge on any atom is -0.147 e. The Morgan fingerprint density at radius 2 is 1.33 bits per heavy atom. The Labute approximate surface area is 279 Å². The predicted molar refractivity (Wildman–Crippen MR) is 189 cm³/mol. The van der Waals surface area contributed by atoms with E-state index in [4.69, 9.17) is 0 Å². The fraction of sp³-hybridized carbons (Fsp3) is 0.275. The predicted octanol–water partition coefficient (Wildman–Crippen LogP) is 10.2. The Bertz CT molecular complexity index is 1700. The summed E-state index contributed by atoms with van der Waals surface area (Å²) in [5.41, 5.74) is 12.0. The van der Waals surface area contributed by atoms with Crippen LogP contribution in [0.4, 0.5) is 0 Å². The molecule has 0 atom stereocenters. The molecule has 222 valence electrons. The van der Waals surface area contributed by atoms with Crippen LogP contribution in [0.5, 0.6) is 0 Å². The van der Waals surface area contributed by atoms with Gasteiger partial charge in [0, 0.05) is 0 Å². The molecule has 2 aliphatic rings. The molecule has 2 aliphatic carbocycles. The first-order chi connectivity index (χ1) is 19.6. The van der Waals surface area contributed by atoms with E-state index in [0.29, 0.717) is 0 Å². The molecule has 0 nitrogen and oxygen atoms in total. The van der Waals surface area contributed by atoms with Crippen molar-refractivity contribution < 1.29 is 21.3 Å². The molecule has 0 radical (unpaired) electrons. The molecule has 4 aromatic carbocycles. The minimum atomic E-state index is -2.59. The third-order valence-electron chi connectivity index (χ3n) is 8.76. The monoisotopic (exact) mass is 684 g/mol. The summed E-state index contributed by atoms with van der Waals surface area (Å²) in [5, 5.41) is 0. The van der Waals surface area contributed by atoms with Gasteiger partial charge in [-0.15, -0.1) is 24.8 Å². The summed E-state index contributed by atoms with van der Waals surface area (Å²) in [6.45, 7) is 14.1. The van der Waals surface area contributed by atoms with Gasteiger partial charge in [0.2, 0.25) is 0 Å². The van der Waals surface area contributed by atoms with Gasteiger partial charge in [-0.25, -0.2) is 0 Å². The molecule has 0 spiro atoms. The van der Waals surface area contributed by atoms with Crippen LogP contribution in [0.2, 0.25) is 0 Å². The van der Waals surface area contributed by atoms with Crippen LogP contribution in [0.1, 0.15) is 81.3 Å². The zero-order chi connectivity index (χ0) is 28.8. The Morgan fingerprint density at radius 3 is 1.93 bits per heavy atom. The molecule has 0 unspecified atom stereocenters. The molecule has 0 N–H and O–H groups in total. The number of fused-ring (bicyclic) bond motifs is 3. The maximum absolute atomic E-state index is 2.65. The van der Waals surface area contributed by atoms with Gasteiger partial charge in [-0.3, -0.25) is 0 Å². The van der Waals surface area contributed by atoms with Crippen molar-refractivity contribution in [2.24, 2.45) is 0 Å². The van der Waals surface area contributed by atoms with Gasteiger partial charge in [0.1, 0.15) is 0 Å². The standard InChI is InChI=1S/C21H25.C14H12.C5H5.2ClH.Zr/c1-20(2,3)16-9-7-14-11-15-8-10-17(21(4,5)6)13-19(15)18(14)12-16;1-3-7-13(8-4-1)11-12-14-9-5-2-6-10-14;1-2-4-5-3-1;;;/h7,9-10,12-13H,11H2,1-6H3;1-10H,11H2;1-3H,4H2;2*1H;. The van der Waals surface area contributed by atoms with E-state index < -0.39 is 21.3 Å². The minimum absolute atomic E-state index is 0. The van der Waals surface area contributed by atoms with Crippen LogP contribution in [0.25, 0.3) is 11.1 Å². The first-order valence-electron chi connectivity index (χ1n) is 15.1. The summed E-state index contributed by atoms with van der Waals surface area (Å²) in [6, 6.07) is 35.0. The van der Waals surface area contributed by atoms with Gasteiger partial charge in [0.05, 0.1) is 0 Å². The van der Waals surface area contributed by atoms with Crippen LogP contribution in [-0.2, 0) is 44.9 Å². The molecule has 0 fully saturated rings. The van der Waals surface area contributed by atoms with Crippen molar-refractivity contribution in [3.63, 3.8) is 0 Å². The van der Waals surface area contributed by atoms with E-state index in [1.807, 2.05) is 0 Å². The number of rotatable bonds is 5. The molecular formula is C40H44Cl2Zr. The molecule has 0 aliphatic heterocycles. The van der Waals surface area contributed by atoms with Crippen molar-refractivity contribution in [1.82, 2.24) is 0 Å². The van der Waals surface area contributed by atoms with E-state index in [2.05, 4.69) is 151 Å². The van der Waals surface area contributed by atoms with Gasteiger partial charge in [0.15, 0.2) is 0 Å². The van der Waals surface area contributed by atoms with Gasteiger partial charge in [-0.1, -0.05) is 0 Å². The van der Waals surface area contributed by atoms with Crippen molar-refractivity contribution in [2.45, 2.75) is 71.6 Å². The summed E-state index contributed by atoms with van der Waals surface area (Å²) < 4.78 is 5.07. The minimum Gasteiger partial charge on any atom is -0.147 e. The first kappa shape index (κ1) is 33.6. The van der Waals surface area contributed by atoms with Gasteiger partial charge in [0.25, 0.3) is 0 Å². The maximum atomic E-state index is 2.65. The van der Waals surface area contributed by atoms with Gasteiger partial charge >= 0.3 is 256 Å². The number of hydrogen-bond acceptors (Lipinski definition) is 0. The van der Waals surface area contributed by atoms with Gasteiger partial charge in [-0.05, 0) is 0 Å². The Hall–Kier alpha value is -2.31. The molecular weight excluding hydrogens is 643 g/mol. The quantitative estimate of drug-likeness (QED) is 0.173. The van der Waals surface area contributed by atoms with Crippen LogP contribution in [0, 0.1) is 0 Å². The third kappa shape index (κ3) is 7.01. The smallest absolute Gasteiger partial charge is 0.147 e. The Balaban J connectivity index is 0.00000212. The molecule has 0 saturated heterocycles. The average Bonchev–Trinajstić information content (AvgIpc) is 3.61. The summed E-state index contributed by atoms with van der Waals surface area (Å²) in [4.78, 5) is 0. The van der Waals surface area contributed by atoms with E-state index in [9.17, 15) is 0 Å². The number of hydrogen-bond donors (Lipinski definition) is 0. The van der Waals surface area contributed by atoms with E-state index >= 15 is 0 Å². The molecule has 43 heavy (non-hydrogen) atoms. The van der Waals surface area contributed by atoms with Crippen molar-refractivity contribution >= 4 is 31.3 Å². The number of benzene rings is 4. The van der Waals surface area contributed by atoms with Gasteiger partial charge in [-0.2, -0.15) is 0 Å². The zero-order valence-corrected chi connectivity index (χ0v) is 30.4. The molecule has 0 bridgehead atoms. The van der Waals surface area contributed by atoms with Crippen molar-refractivity contribution in [1.29, 1.82) is 0 Å². The Kier molecular flexibility index (Phi) is 10.4. The normalized spacial score (nSPS) is 14.2. The summed E-state index contributed by atoms with van der Waals surface area (Å²) in [6.07, 6.45) is 10.3. The van der Waals surface area contributed by atoms with Crippen molar-refractivity contribution in [3.8, 4) is 11.1 Å². The molecule has 0 saturated carbocycles. The summed E-state index contributed by atoms with van der Waals surface area (Å²) >= 11 is -2.59. The number of allylic oxidation sites excluding steroid dienone is 4. The van der Waals surface area contributed by atoms with Crippen LogP contribution < -0.4 is 3.27 Å². The van der Waals surface area contributed by atoms with Gasteiger partial charge < -0.3 is 0 Å². The van der Waals surface area contributed by atoms with Crippen LogP contribution in [-0.4, -0.2) is 3.21 Å². The fourth-order valence-corrected chi connectivity index (χ4v) is 14.5. The zero-order valence-electron chi connectivity index (χ0n) is 26.3. The van der Waals surface area contributed by atoms with Crippen molar-refractivity contribution in [2.75, 3.05) is 0 Å². The third-order valence-corrected chi connectivity index (χ3v) is 16.3. The SMILES string of the molecule is CC(C)(C)c1ccc2c(c1)-c1cc(C(C)(C)C)c[c](/[Zr]([C]3=CC=CC3)=[C](/Cc3ccccc3)c3ccccc3)c1C2.Cl.Cl.